The van der Waals surface area contributed by atoms with E-state index in [4.69, 9.17) is 12.2 Å². The summed E-state index contributed by atoms with van der Waals surface area (Å²) in [6.45, 7) is 3.17. The summed E-state index contributed by atoms with van der Waals surface area (Å²) in [5, 5.41) is 3.19. The van der Waals surface area contributed by atoms with Gasteiger partial charge in [0.2, 0.25) is 5.91 Å². The Hall–Kier alpha value is -2.07. The molecule has 0 saturated carbocycles. The Kier molecular flexibility index (Phi) is 6.65. The third-order valence-electron chi connectivity index (χ3n) is 3.91. The number of rotatable bonds is 4. The maximum Gasteiger partial charge on any atom is 0.573 e. The highest BCUT2D eigenvalue weighted by molar-refractivity contribution is 7.80. The van der Waals surface area contributed by atoms with Gasteiger partial charge in [-0.2, -0.15) is 0 Å². The molecule has 2 rings (SSSR count). The number of nitrogens with zero attached hydrogens (tertiary/aromatic N) is 3. The number of carbonyl (C=O) groups excluding carboxylic acids is 1. The first-order chi connectivity index (χ1) is 12.1. The summed E-state index contributed by atoms with van der Waals surface area (Å²) in [6, 6.07) is 5.22. The van der Waals surface area contributed by atoms with Gasteiger partial charge >= 0.3 is 6.36 Å². The van der Waals surface area contributed by atoms with Crippen LogP contribution in [0.3, 0.4) is 0 Å². The number of carbonyl (C=O) groups is 1. The maximum absolute atomic E-state index is 12.3. The molecule has 1 aromatic rings. The summed E-state index contributed by atoms with van der Waals surface area (Å²) in [5.41, 5.74) is 0.503. The van der Waals surface area contributed by atoms with Crippen molar-refractivity contribution in [1.29, 1.82) is 0 Å². The quantitative estimate of drug-likeness (QED) is 0.794. The zero-order chi connectivity index (χ0) is 19.3. The van der Waals surface area contributed by atoms with Gasteiger partial charge in [-0.05, 0) is 43.5 Å². The maximum atomic E-state index is 12.3. The van der Waals surface area contributed by atoms with Gasteiger partial charge in [-0.25, -0.2) is 0 Å². The van der Waals surface area contributed by atoms with Crippen molar-refractivity contribution in [2.75, 3.05) is 52.1 Å². The average Bonchev–Trinajstić information content (AvgIpc) is 2.55. The number of hydrogen-bond donors (Lipinski definition) is 1. The van der Waals surface area contributed by atoms with Gasteiger partial charge in [-0.3, -0.25) is 4.79 Å². The van der Waals surface area contributed by atoms with Gasteiger partial charge in [-0.1, -0.05) is 0 Å². The van der Waals surface area contributed by atoms with Gasteiger partial charge in [0, 0.05) is 38.9 Å². The van der Waals surface area contributed by atoms with E-state index in [1.807, 2.05) is 7.05 Å². The second-order valence-corrected chi connectivity index (χ2v) is 6.43. The number of ether oxygens (including phenoxy) is 1. The molecule has 0 aliphatic carbocycles. The fraction of sp³-hybridized carbons (Fsp3) is 0.500. The molecule has 1 fully saturated rings. The van der Waals surface area contributed by atoms with Crippen LogP contribution >= 0.6 is 12.2 Å². The molecule has 0 bridgehead atoms. The predicted molar refractivity (Wildman–Crippen MR) is 96.1 cm³/mol. The van der Waals surface area contributed by atoms with E-state index in [1.54, 1.807) is 16.8 Å². The molecule has 0 radical (unpaired) electrons. The number of halogens is 3. The Balaban J connectivity index is 1.83. The molecule has 0 aromatic heterocycles. The third-order valence-corrected chi connectivity index (χ3v) is 4.33. The third kappa shape index (κ3) is 6.34. The van der Waals surface area contributed by atoms with Crippen LogP contribution in [0.1, 0.15) is 0 Å². The second-order valence-electron chi connectivity index (χ2n) is 6.04. The highest BCUT2D eigenvalue weighted by atomic mass is 32.1. The predicted octanol–water partition coefficient (Wildman–Crippen LogP) is 1.99. The van der Waals surface area contributed by atoms with Crippen LogP contribution in [0.25, 0.3) is 0 Å². The van der Waals surface area contributed by atoms with Crippen molar-refractivity contribution >= 4 is 28.9 Å². The molecule has 1 heterocycles. The second kappa shape index (κ2) is 8.54. The van der Waals surface area contributed by atoms with E-state index in [2.05, 4.69) is 15.0 Å². The number of nitrogens with one attached hydrogen (secondary N) is 1. The molecular weight excluding hydrogens is 369 g/mol. The lowest BCUT2D eigenvalue weighted by Crippen LogP contribution is -2.50. The molecule has 0 spiro atoms. The molecule has 1 aromatic carbocycles. The largest absolute Gasteiger partial charge is 0.573 e. The zero-order valence-electron chi connectivity index (χ0n) is 14.5. The molecular formula is C16H21F3N4O2S. The highest BCUT2D eigenvalue weighted by Gasteiger charge is 2.31. The highest BCUT2D eigenvalue weighted by Crippen LogP contribution is 2.24. The Bertz CT molecular complexity index is 631. The van der Waals surface area contributed by atoms with E-state index in [-0.39, 0.29) is 18.2 Å². The molecule has 1 N–H and O–H groups in total. The average molecular weight is 390 g/mol. The molecule has 0 atom stereocenters. The zero-order valence-corrected chi connectivity index (χ0v) is 15.4. The Labute approximate surface area is 155 Å². The van der Waals surface area contributed by atoms with E-state index in [1.165, 1.54) is 24.3 Å². The monoisotopic (exact) mass is 390 g/mol. The molecule has 144 valence electrons. The van der Waals surface area contributed by atoms with Gasteiger partial charge < -0.3 is 24.8 Å². The minimum atomic E-state index is -4.73. The molecule has 1 aliphatic rings. The topological polar surface area (TPSA) is 48.0 Å². The number of amides is 1. The minimum Gasteiger partial charge on any atom is -0.406 e. The van der Waals surface area contributed by atoms with Gasteiger partial charge in [0.05, 0.1) is 6.54 Å². The van der Waals surface area contributed by atoms with Crippen LogP contribution in [0.4, 0.5) is 18.9 Å². The summed E-state index contributed by atoms with van der Waals surface area (Å²) < 4.78 is 40.3. The van der Waals surface area contributed by atoms with E-state index >= 15 is 0 Å². The van der Waals surface area contributed by atoms with Crippen molar-refractivity contribution in [3.8, 4) is 5.75 Å². The van der Waals surface area contributed by atoms with Crippen molar-refractivity contribution < 1.29 is 22.7 Å². The van der Waals surface area contributed by atoms with Crippen LogP contribution < -0.4 is 10.1 Å². The molecule has 1 saturated heterocycles. The number of hydrogen-bond acceptors (Lipinski definition) is 4. The Morgan fingerprint density at radius 1 is 1.23 bits per heavy atom. The summed E-state index contributed by atoms with van der Waals surface area (Å²) in [4.78, 5) is 17.9. The normalized spacial score (nSPS) is 15.5. The fourth-order valence-corrected chi connectivity index (χ4v) is 2.57. The molecule has 10 heteroatoms. The number of piperazine rings is 1. The SMILES string of the molecule is CN1CCN(C(=O)CN(C)C(=S)Nc2ccc(OC(F)(F)F)cc2)CC1. The summed E-state index contributed by atoms with van der Waals surface area (Å²) in [7, 11) is 3.70. The van der Waals surface area contributed by atoms with Crippen LogP contribution in [0.15, 0.2) is 24.3 Å². The van der Waals surface area contributed by atoms with Gasteiger partial charge in [0.1, 0.15) is 5.75 Å². The first-order valence-corrected chi connectivity index (χ1v) is 8.39. The first kappa shape index (κ1) is 20.2. The molecule has 0 unspecified atom stereocenters. The Morgan fingerprint density at radius 3 is 2.35 bits per heavy atom. The van der Waals surface area contributed by atoms with Crippen LogP contribution in [0, 0.1) is 0 Å². The van der Waals surface area contributed by atoms with E-state index < -0.39 is 6.36 Å². The number of thiocarbonyl (C=S) groups is 1. The molecule has 6 nitrogen and oxygen atoms in total. The van der Waals surface area contributed by atoms with Gasteiger partial charge in [-0.15, -0.1) is 13.2 Å². The van der Waals surface area contributed by atoms with Crippen LogP contribution in [0.2, 0.25) is 0 Å². The van der Waals surface area contributed by atoms with Crippen LogP contribution in [-0.4, -0.2) is 78.9 Å². The van der Waals surface area contributed by atoms with Gasteiger partial charge in [0.15, 0.2) is 5.11 Å². The van der Waals surface area contributed by atoms with Crippen molar-refractivity contribution in [2.24, 2.45) is 0 Å². The van der Waals surface area contributed by atoms with Crippen molar-refractivity contribution in [3.05, 3.63) is 24.3 Å². The van der Waals surface area contributed by atoms with Gasteiger partial charge in [0.25, 0.3) is 0 Å². The van der Waals surface area contributed by atoms with E-state index in [0.717, 1.165) is 13.1 Å². The lowest BCUT2D eigenvalue weighted by Gasteiger charge is -2.33. The molecule has 1 aliphatic heterocycles. The molecule has 1 amide bonds. The van der Waals surface area contributed by atoms with Crippen LogP contribution in [-0.2, 0) is 4.79 Å². The number of anilines is 1. The van der Waals surface area contributed by atoms with E-state index in [0.29, 0.717) is 23.9 Å². The van der Waals surface area contributed by atoms with Crippen LogP contribution in [0.5, 0.6) is 5.75 Å². The lowest BCUT2D eigenvalue weighted by atomic mass is 10.3. The summed E-state index contributed by atoms with van der Waals surface area (Å²) >= 11 is 5.24. The summed E-state index contributed by atoms with van der Waals surface area (Å²) in [5.74, 6) is -0.328. The molecule has 26 heavy (non-hydrogen) atoms. The smallest absolute Gasteiger partial charge is 0.406 e. The fourth-order valence-electron chi connectivity index (χ4n) is 2.39. The van der Waals surface area contributed by atoms with Crippen molar-refractivity contribution in [2.45, 2.75) is 6.36 Å². The standard InChI is InChI=1S/C16H21F3N4O2S/c1-21-7-9-23(10-8-21)14(24)11-22(2)15(26)20-12-3-5-13(6-4-12)25-16(17,18)19/h3-6H,7-11H2,1-2H3,(H,20,26). The number of likely N-dealkylation sites (N-methyl/N-ethyl adjacent to an activating group) is 2. The Morgan fingerprint density at radius 2 is 1.81 bits per heavy atom. The van der Waals surface area contributed by atoms with Crippen molar-refractivity contribution in [3.63, 3.8) is 0 Å². The van der Waals surface area contributed by atoms with E-state index in [9.17, 15) is 18.0 Å². The first-order valence-electron chi connectivity index (χ1n) is 7.98. The summed E-state index contributed by atoms with van der Waals surface area (Å²) in [6.07, 6.45) is -4.73. The number of benzene rings is 1. The van der Waals surface area contributed by atoms with Crippen molar-refractivity contribution in [1.82, 2.24) is 14.7 Å². The number of alkyl halides is 3. The minimum absolute atomic E-state index is 0.0151. The lowest BCUT2D eigenvalue weighted by molar-refractivity contribution is -0.274.